The summed E-state index contributed by atoms with van der Waals surface area (Å²) in [5.74, 6) is -0.959. The number of allylic oxidation sites excluding steroid dienone is 3. The summed E-state index contributed by atoms with van der Waals surface area (Å²) in [7, 11) is 2.46. The van der Waals surface area contributed by atoms with Crippen LogP contribution >= 0.6 is 11.6 Å². The van der Waals surface area contributed by atoms with E-state index in [4.69, 9.17) is 11.6 Å². The van der Waals surface area contributed by atoms with Gasteiger partial charge in [-0.25, -0.2) is 0 Å². The van der Waals surface area contributed by atoms with E-state index in [1.807, 2.05) is 0 Å². The molecule has 0 radical (unpaired) electrons. The molecule has 0 rings (SSSR count). The topological polar surface area (TPSA) is 52.6 Å². The first-order valence-electron chi connectivity index (χ1n) is 5.07. The zero-order valence-electron chi connectivity index (χ0n) is 10.1. The summed E-state index contributed by atoms with van der Waals surface area (Å²) >= 11 is 5.50. The van der Waals surface area contributed by atoms with Crippen molar-refractivity contribution in [1.29, 1.82) is 0 Å². The van der Waals surface area contributed by atoms with Crippen LogP contribution in [-0.4, -0.2) is 32.0 Å². The van der Waals surface area contributed by atoms with E-state index in [0.717, 1.165) is 0 Å². The van der Waals surface area contributed by atoms with E-state index in [9.17, 15) is 9.59 Å². The first-order valence-corrected chi connectivity index (χ1v) is 5.61. The molecule has 17 heavy (non-hydrogen) atoms. The maximum absolute atomic E-state index is 11.8. The Bertz CT molecular complexity index is 294. The van der Waals surface area contributed by atoms with Crippen LogP contribution in [0.4, 0.5) is 0 Å². The summed E-state index contributed by atoms with van der Waals surface area (Å²) in [5.41, 5.74) is -1.37. The Balaban J connectivity index is 5.22. The molecule has 0 spiro atoms. The number of methoxy groups -OCH3 is 2. The molecule has 0 aromatic carbocycles. The van der Waals surface area contributed by atoms with Crippen LogP contribution in [0.3, 0.4) is 0 Å². The monoisotopic (exact) mass is 260 g/mol. The number of esters is 2. The van der Waals surface area contributed by atoms with Crippen molar-refractivity contribution in [2.24, 2.45) is 5.41 Å². The lowest BCUT2D eigenvalue weighted by Crippen LogP contribution is -2.40. The molecule has 0 bridgehead atoms. The molecular weight excluding hydrogens is 244 g/mol. The number of carbonyl (C=O) groups is 2. The molecular formula is C12H17ClO4. The van der Waals surface area contributed by atoms with E-state index in [-0.39, 0.29) is 12.8 Å². The van der Waals surface area contributed by atoms with Crippen LogP contribution in [0.25, 0.3) is 0 Å². The molecule has 0 atom stereocenters. The number of hydrogen-bond acceptors (Lipinski definition) is 4. The van der Waals surface area contributed by atoms with Gasteiger partial charge < -0.3 is 9.47 Å². The van der Waals surface area contributed by atoms with Crippen LogP contribution in [0.1, 0.15) is 12.8 Å². The van der Waals surface area contributed by atoms with E-state index in [1.54, 1.807) is 12.2 Å². The molecule has 5 heteroatoms. The lowest BCUT2D eigenvalue weighted by atomic mass is 9.81. The molecule has 0 aliphatic heterocycles. The van der Waals surface area contributed by atoms with Crippen molar-refractivity contribution in [3.8, 4) is 0 Å². The third-order valence-electron chi connectivity index (χ3n) is 2.37. The second-order valence-corrected chi connectivity index (χ2v) is 3.70. The first kappa shape index (κ1) is 15.7. The summed E-state index contributed by atoms with van der Waals surface area (Å²) in [6, 6.07) is 0. The van der Waals surface area contributed by atoms with Crippen LogP contribution in [0.5, 0.6) is 0 Å². The average Bonchev–Trinajstić information content (AvgIpc) is 2.35. The predicted molar refractivity (Wildman–Crippen MR) is 65.8 cm³/mol. The van der Waals surface area contributed by atoms with Gasteiger partial charge >= 0.3 is 11.9 Å². The second-order valence-electron chi connectivity index (χ2n) is 3.39. The summed E-state index contributed by atoms with van der Waals surface area (Å²) < 4.78 is 9.34. The summed E-state index contributed by atoms with van der Waals surface area (Å²) in [6.07, 6.45) is 5.13. The fourth-order valence-corrected chi connectivity index (χ4v) is 1.61. The van der Waals surface area contributed by atoms with Crippen LogP contribution in [0, 0.1) is 5.41 Å². The largest absolute Gasteiger partial charge is 0.468 e. The lowest BCUT2D eigenvalue weighted by molar-refractivity contribution is -0.168. The third-order valence-corrected chi connectivity index (χ3v) is 2.55. The summed E-state index contributed by atoms with van der Waals surface area (Å²) in [6.45, 7) is 3.54. The first-order chi connectivity index (χ1) is 8.08. The molecule has 0 N–H and O–H groups in total. The van der Waals surface area contributed by atoms with E-state index in [1.165, 1.54) is 20.3 Å². The second kappa shape index (κ2) is 7.90. The molecule has 0 amide bonds. The SMILES string of the molecule is C=CCC(C/C=C/CCl)(C(=O)OC)C(=O)OC. The van der Waals surface area contributed by atoms with Crippen molar-refractivity contribution < 1.29 is 19.1 Å². The van der Waals surface area contributed by atoms with E-state index < -0.39 is 17.4 Å². The predicted octanol–water partition coefficient (Wildman–Crippen LogP) is 2.08. The minimum atomic E-state index is -1.37. The highest BCUT2D eigenvalue weighted by atomic mass is 35.5. The highest BCUT2D eigenvalue weighted by molar-refractivity contribution is 6.18. The molecule has 0 saturated carbocycles. The molecule has 0 aromatic heterocycles. The Hall–Kier alpha value is -1.29. The number of halogens is 1. The minimum Gasteiger partial charge on any atom is -0.468 e. The van der Waals surface area contributed by atoms with Gasteiger partial charge in [0.05, 0.1) is 14.2 Å². The Kier molecular flexibility index (Phi) is 7.30. The van der Waals surface area contributed by atoms with Gasteiger partial charge in [-0.05, 0) is 12.8 Å². The smallest absolute Gasteiger partial charge is 0.323 e. The van der Waals surface area contributed by atoms with Crippen LogP contribution in [0.2, 0.25) is 0 Å². The quantitative estimate of drug-likeness (QED) is 0.304. The number of ether oxygens (including phenoxy) is 2. The highest BCUT2D eigenvalue weighted by Gasteiger charge is 2.46. The minimum absolute atomic E-state index is 0.152. The summed E-state index contributed by atoms with van der Waals surface area (Å²) in [5, 5.41) is 0. The van der Waals surface area contributed by atoms with Crippen molar-refractivity contribution in [2.75, 3.05) is 20.1 Å². The molecule has 0 fully saturated rings. The van der Waals surface area contributed by atoms with E-state index >= 15 is 0 Å². The van der Waals surface area contributed by atoms with Crippen molar-refractivity contribution in [3.63, 3.8) is 0 Å². The van der Waals surface area contributed by atoms with Gasteiger partial charge in [-0.15, -0.1) is 18.2 Å². The molecule has 0 heterocycles. The molecule has 96 valence electrons. The standard InChI is InChI=1S/C12H17ClO4/c1-4-7-12(10(14)16-2,11(15)17-3)8-5-6-9-13/h4-6H,1,7-9H2,2-3H3/b6-5+. The normalized spacial score (nSPS) is 11.2. The van der Waals surface area contributed by atoms with Gasteiger partial charge in [-0.3, -0.25) is 9.59 Å². The molecule has 4 nitrogen and oxygen atoms in total. The van der Waals surface area contributed by atoms with Crippen molar-refractivity contribution in [2.45, 2.75) is 12.8 Å². The summed E-state index contributed by atoms with van der Waals surface area (Å²) in [4.78, 5) is 23.6. The molecule has 0 aliphatic carbocycles. The zero-order valence-corrected chi connectivity index (χ0v) is 10.8. The van der Waals surface area contributed by atoms with Gasteiger partial charge in [0.25, 0.3) is 0 Å². The van der Waals surface area contributed by atoms with Gasteiger partial charge in [0, 0.05) is 5.88 Å². The average molecular weight is 261 g/mol. The number of hydrogen-bond donors (Lipinski definition) is 0. The zero-order chi connectivity index (χ0) is 13.3. The van der Waals surface area contributed by atoms with Gasteiger partial charge in [0.15, 0.2) is 5.41 Å². The molecule has 0 aliphatic rings. The maximum atomic E-state index is 11.8. The van der Waals surface area contributed by atoms with E-state index in [0.29, 0.717) is 5.88 Å². The molecule has 0 aromatic rings. The molecule has 0 saturated heterocycles. The van der Waals surface area contributed by atoms with E-state index in [2.05, 4.69) is 16.1 Å². The van der Waals surface area contributed by atoms with Crippen molar-refractivity contribution in [3.05, 3.63) is 24.8 Å². The fraction of sp³-hybridized carbons (Fsp3) is 0.500. The van der Waals surface area contributed by atoms with Crippen molar-refractivity contribution >= 4 is 23.5 Å². The Labute approximate surface area is 106 Å². The highest BCUT2D eigenvalue weighted by Crippen LogP contribution is 2.31. The Morgan fingerprint density at radius 1 is 1.18 bits per heavy atom. The Morgan fingerprint density at radius 3 is 2.06 bits per heavy atom. The molecule has 0 unspecified atom stereocenters. The number of carbonyl (C=O) groups excluding carboxylic acids is 2. The van der Waals surface area contributed by atoms with Crippen molar-refractivity contribution in [1.82, 2.24) is 0 Å². The van der Waals surface area contributed by atoms with Gasteiger partial charge in [0.2, 0.25) is 0 Å². The van der Waals surface area contributed by atoms with Gasteiger partial charge in [-0.1, -0.05) is 18.2 Å². The van der Waals surface area contributed by atoms with Crippen LogP contribution < -0.4 is 0 Å². The third kappa shape index (κ3) is 3.89. The fourth-order valence-electron chi connectivity index (χ4n) is 1.48. The number of rotatable bonds is 7. The van der Waals surface area contributed by atoms with Crippen LogP contribution in [-0.2, 0) is 19.1 Å². The van der Waals surface area contributed by atoms with Crippen LogP contribution in [0.15, 0.2) is 24.8 Å². The maximum Gasteiger partial charge on any atom is 0.323 e. The Morgan fingerprint density at radius 2 is 1.71 bits per heavy atom. The van der Waals surface area contributed by atoms with Gasteiger partial charge in [0.1, 0.15) is 0 Å². The van der Waals surface area contributed by atoms with Gasteiger partial charge in [-0.2, -0.15) is 0 Å². The number of alkyl halides is 1. The lowest BCUT2D eigenvalue weighted by Gasteiger charge is -2.25.